The highest BCUT2D eigenvalue weighted by Gasteiger charge is 2.28. The molecule has 0 unspecified atom stereocenters. The highest BCUT2D eigenvalue weighted by Crippen LogP contribution is 2.29. The number of ketones is 1. The average molecular weight is 250 g/mol. The van der Waals surface area contributed by atoms with Crippen LogP contribution < -0.4 is 0 Å². The van der Waals surface area contributed by atoms with Crippen molar-refractivity contribution in [2.24, 2.45) is 0 Å². The Morgan fingerprint density at radius 3 is 2.35 bits per heavy atom. The van der Waals surface area contributed by atoms with E-state index in [9.17, 15) is 4.79 Å². The summed E-state index contributed by atoms with van der Waals surface area (Å²) in [6.45, 7) is 8.26. The van der Waals surface area contributed by atoms with Gasteiger partial charge in [-0.1, -0.05) is 43.2 Å². The predicted octanol–water partition coefficient (Wildman–Crippen LogP) is 4.49. The number of Topliss-reactive ketones (excluding diaryl/α,β-unsaturated/α-hetero) is 1. The van der Waals surface area contributed by atoms with Gasteiger partial charge in [0.05, 0.1) is 4.75 Å². The van der Waals surface area contributed by atoms with E-state index in [0.29, 0.717) is 0 Å². The lowest BCUT2D eigenvalue weighted by molar-refractivity contribution is 0.0958. The molecule has 1 rings (SSSR count). The molecule has 0 aromatic heterocycles. The molecule has 94 valence electrons. The topological polar surface area (TPSA) is 17.1 Å². The van der Waals surface area contributed by atoms with Gasteiger partial charge in [-0.3, -0.25) is 4.79 Å². The fraction of sp³-hybridized carbons (Fsp3) is 0.533. The molecule has 0 heterocycles. The zero-order valence-corrected chi connectivity index (χ0v) is 12.1. The Labute approximate surface area is 109 Å². The summed E-state index contributed by atoms with van der Waals surface area (Å²) in [6.07, 6.45) is 2.36. The average Bonchev–Trinajstić information content (AvgIpc) is 2.29. The van der Waals surface area contributed by atoms with Gasteiger partial charge in [0.2, 0.25) is 0 Å². The number of carbonyl (C=O) groups excluding carboxylic acids is 1. The Hall–Kier alpha value is -0.760. The van der Waals surface area contributed by atoms with E-state index in [2.05, 4.69) is 6.92 Å². The number of unbranched alkanes of at least 4 members (excludes halogenated alkanes) is 1. The number of carbonyl (C=O) groups is 1. The van der Waals surface area contributed by atoms with Gasteiger partial charge in [-0.05, 0) is 32.9 Å². The summed E-state index contributed by atoms with van der Waals surface area (Å²) in [5.41, 5.74) is 2.02. The second-order valence-electron chi connectivity index (χ2n) is 4.91. The van der Waals surface area contributed by atoms with Gasteiger partial charge < -0.3 is 0 Å². The maximum atomic E-state index is 12.4. The van der Waals surface area contributed by atoms with Crippen LogP contribution >= 0.6 is 11.8 Å². The molecule has 17 heavy (non-hydrogen) atoms. The van der Waals surface area contributed by atoms with E-state index >= 15 is 0 Å². The highest BCUT2D eigenvalue weighted by atomic mass is 32.2. The molecule has 0 radical (unpaired) electrons. The second-order valence-corrected chi connectivity index (χ2v) is 6.63. The van der Waals surface area contributed by atoms with E-state index < -0.39 is 0 Å². The van der Waals surface area contributed by atoms with Crippen LogP contribution in [0.25, 0.3) is 0 Å². The van der Waals surface area contributed by atoms with Crippen molar-refractivity contribution in [1.29, 1.82) is 0 Å². The number of thioether (sulfide) groups is 1. The highest BCUT2D eigenvalue weighted by molar-refractivity contribution is 8.01. The fourth-order valence-corrected chi connectivity index (χ4v) is 2.78. The van der Waals surface area contributed by atoms with E-state index in [0.717, 1.165) is 11.3 Å². The maximum Gasteiger partial charge on any atom is 0.178 e. The molecule has 0 bridgehead atoms. The SMILES string of the molecule is CCCCSC(C)(C)C(=O)c1ccc(C)cc1. The first-order valence-corrected chi connectivity index (χ1v) is 7.21. The predicted molar refractivity (Wildman–Crippen MR) is 77.0 cm³/mol. The van der Waals surface area contributed by atoms with Crippen LogP contribution in [-0.4, -0.2) is 16.3 Å². The van der Waals surface area contributed by atoms with Gasteiger partial charge in [0.25, 0.3) is 0 Å². The molecule has 0 atom stereocenters. The van der Waals surface area contributed by atoms with Crippen LogP contribution in [0, 0.1) is 6.92 Å². The lowest BCUT2D eigenvalue weighted by atomic mass is 9.99. The first-order chi connectivity index (χ1) is 7.97. The van der Waals surface area contributed by atoms with Crippen LogP contribution in [0.4, 0.5) is 0 Å². The molecular weight excluding hydrogens is 228 g/mol. The van der Waals surface area contributed by atoms with Gasteiger partial charge in [0.15, 0.2) is 5.78 Å². The second kappa shape index (κ2) is 6.25. The van der Waals surface area contributed by atoms with E-state index in [1.54, 1.807) is 11.8 Å². The summed E-state index contributed by atoms with van der Waals surface area (Å²) in [5.74, 6) is 1.29. The van der Waals surface area contributed by atoms with Crippen LogP contribution in [0.1, 0.15) is 49.5 Å². The van der Waals surface area contributed by atoms with Crippen molar-refractivity contribution in [3.05, 3.63) is 35.4 Å². The van der Waals surface area contributed by atoms with Gasteiger partial charge in [-0.25, -0.2) is 0 Å². The van der Waals surface area contributed by atoms with E-state index in [1.165, 1.54) is 18.4 Å². The van der Waals surface area contributed by atoms with Crippen molar-refractivity contribution in [3.63, 3.8) is 0 Å². The molecule has 0 saturated heterocycles. The number of benzene rings is 1. The third kappa shape index (κ3) is 4.19. The van der Waals surface area contributed by atoms with Crippen molar-refractivity contribution in [3.8, 4) is 0 Å². The lowest BCUT2D eigenvalue weighted by Crippen LogP contribution is -2.28. The molecule has 2 heteroatoms. The van der Waals surface area contributed by atoms with Crippen molar-refractivity contribution in [2.75, 3.05) is 5.75 Å². The number of hydrogen-bond donors (Lipinski definition) is 0. The molecule has 0 spiro atoms. The lowest BCUT2D eigenvalue weighted by Gasteiger charge is -2.22. The molecule has 0 aliphatic carbocycles. The van der Waals surface area contributed by atoms with Crippen LogP contribution in [-0.2, 0) is 0 Å². The van der Waals surface area contributed by atoms with E-state index in [4.69, 9.17) is 0 Å². The van der Waals surface area contributed by atoms with Crippen molar-refractivity contribution < 1.29 is 4.79 Å². The molecule has 0 aliphatic rings. The standard InChI is InChI=1S/C15H22OS/c1-5-6-11-17-15(3,4)14(16)13-9-7-12(2)8-10-13/h7-10H,5-6,11H2,1-4H3. The molecule has 1 nitrogen and oxygen atoms in total. The molecule has 1 aromatic rings. The van der Waals surface area contributed by atoms with Crippen LogP contribution in [0.5, 0.6) is 0 Å². The minimum absolute atomic E-state index is 0.235. The number of rotatable bonds is 6. The normalized spacial score (nSPS) is 11.5. The van der Waals surface area contributed by atoms with Crippen LogP contribution in [0.2, 0.25) is 0 Å². The summed E-state index contributed by atoms with van der Waals surface area (Å²) in [7, 11) is 0. The van der Waals surface area contributed by atoms with Crippen LogP contribution in [0.3, 0.4) is 0 Å². The molecule has 0 fully saturated rings. The van der Waals surface area contributed by atoms with E-state index in [-0.39, 0.29) is 10.5 Å². The van der Waals surface area contributed by atoms with Gasteiger partial charge in [-0.2, -0.15) is 0 Å². The quantitative estimate of drug-likeness (QED) is 0.546. The zero-order chi connectivity index (χ0) is 12.9. The fourth-order valence-electron chi connectivity index (χ4n) is 1.59. The Kier molecular flexibility index (Phi) is 5.26. The number of aryl methyl sites for hydroxylation is 1. The third-order valence-corrected chi connectivity index (χ3v) is 4.22. The Balaban J connectivity index is 2.70. The van der Waals surface area contributed by atoms with E-state index in [1.807, 2.05) is 45.0 Å². The smallest absolute Gasteiger partial charge is 0.178 e. The summed E-state index contributed by atoms with van der Waals surface area (Å²) in [4.78, 5) is 12.4. The Bertz CT molecular complexity index is 365. The van der Waals surface area contributed by atoms with Crippen molar-refractivity contribution >= 4 is 17.5 Å². The zero-order valence-electron chi connectivity index (χ0n) is 11.2. The third-order valence-electron chi connectivity index (χ3n) is 2.82. The molecular formula is C15H22OS. The van der Waals surface area contributed by atoms with Crippen molar-refractivity contribution in [2.45, 2.75) is 45.3 Å². The summed E-state index contributed by atoms with van der Waals surface area (Å²) >= 11 is 1.76. The molecule has 1 aromatic carbocycles. The monoisotopic (exact) mass is 250 g/mol. The summed E-state index contributed by atoms with van der Waals surface area (Å²) < 4.78 is -0.315. The van der Waals surface area contributed by atoms with Crippen LogP contribution in [0.15, 0.2) is 24.3 Å². The number of hydrogen-bond acceptors (Lipinski definition) is 2. The summed E-state index contributed by atoms with van der Waals surface area (Å²) in [5, 5.41) is 0. The minimum Gasteiger partial charge on any atom is -0.293 e. The minimum atomic E-state index is -0.315. The molecule has 0 N–H and O–H groups in total. The van der Waals surface area contributed by atoms with Gasteiger partial charge in [0.1, 0.15) is 0 Å². The Morgan fingerprint density at radius 2 is 1.82 bits per heavy atom. The maximum absolute atomic E-state index is 12.4. The summed E-state index contributed by atoms with van der Waals surface area (Å²) in [6, 6.07) is 7.86. The van der Waals surface area contributed by atoms with Crippen molar-refractivity contribution in [1.82, 2.24) is 0 Å². The van der Waals surface area contributed by atoms with Gasteiger partial charge in [0, 0.05) is 5.56 Å². The van der Waals surface area contributed by atoms with Gasteiger partial charge in [-0.15, -0.1) is 11.8 Å². The molecule has 0 aliphatic heterocycles. The molecule has 0 saturated carbocycles. The first kappa shape index (κ1) is 14.3. The molecule has 0 amide bonds. The van der Waals surface area contributed by atoms with Gasteiger partial charge >= 0.3 is 0 Å². The first-order valence-electron chi connectivity index (χ1n) is 6.23. The largest absolute Gasteiger partial charge is 0.293 e. The Morgan fingerprint density at radius 1 is 1.24 bits per heavy atom.